The maximum absolute atomic E-state index is 13.3. The summed E-state index contributed by atoms with van der Waals surface area (Å²) in [6, 6.07) is 21.2. The van der Waals surface area contributed by atoms with Crippen molar-refractivity contribution in [1.82, 2.24) is 9.55 Å². The maximum atomic E-state index is 13.3. The van der Waals surface area contributed by atoms with Crippen LogP contribution in [0.5, 0.6) is 0 Å². The molecule has 164 valence electrons. The average Bonchev–Trinajstić information content (AvgIpc) is 2.84. The van der Waals surface area contributed by atoms with Crippen molar-refractivity contribution in [2.75, 3.05) is 7.11 Å². The van der Waals surface area contributed by atoms with Crippen molar-refractivity contribution in [2.45, 2.75) is 19.4 Å². The van der Waals surface area contributed by atoms with Crippen LogP contribution in [-0.2, 0) is 11.2 Å². The predicted octanol–water partition coefficient (Wildman–Crippen LogP) is 3.68. The van der Waals surface area contributed by atoms with E-state index in [0.29, 0.717) is 34.0 Å². The number of aromatic nitrogens is 2. The highest BCUT2D eigenvalue weighted by Gasteiger charge is 2.16. The van der Waals surface area contributed by atoms with Crippen LogP contribution in [0.2, 0.25) is 0 Å². The Morgan fingerprint density at radius 3 is 2.45 bits per heavy atom. The van der Waals surface area contributed by atoms with Crippen molar-refractivity contribution in [3.8, 4) is 11.8 Å². The number of nitrogens with zero attached hydrogens (tertiary/aromatic N) is 1. The van der Waals surface area contributed by atoms with Gasteiger partial charge in [-0.2, -0.15) is 0 Å². The molecule has 0 spiro atoms. The Morgan fingerprint density at radius 1 is 1.03 bits per heavy atom. The van der Waals surface area contributed by atoms with Crippen LogP contribution in [0.25, 0.3) is 10.9 Å². The molecule has 0 aliphatic heterocycles. The number of methoxy groups -OCH3 is 1. The van der Waals surface area contributed by atoms with E-state index in [1.165, 1.54) is 11.7 Å². The minimum absolute atomic E-state index is 0.388. The van der Waals surface area contributed by atoms with Crippen molar-refractivity contribution < 1.29 is 9.53 Å². The molecule has 6 nitrogen and oxygen atoms in total. The number of fused-ring (bicyclic) bond motifs is 1. The fourth-order valence-electron chi connectivity index (χ4n) is 3.67. The molecule has 1 aromatic heterocycles. The minimum Gasteiger partial charge on any atom is -0.465 e. The van der Waals surface area contributed by atoms with E-state index in [4.69, 9.17) is 4.74 Å². The Labute approximate surface area is 190 Å². The van der Waals surface area contributed by atoms with Crippen molar-refractivity contribution in [3.05, 3.63) is 116 Å². The SMILES string of the molecule is COC(=O)c1ccc(C(C)n2c(=O)[nH]c3ccc(C#CCc4ccccc4)cc3c2=O)cc1. The first kappa shape index (κ1) is 21.8. The number of hydrogen-bond acceptors (Lipinski definition) is 4. The number of aromatic amines is 1. The van der Waals surface area contributed by atoms with Crippen LogP contribution in [-0.4, -0.2) is 22.6 Å². The summed E-state index contributed by atoms with van der Waals surface area (Å²) in [5, 5.41) is 0.388. The molecule has 0 saturated heterocycles. The van der Waals surface area contributed by atoms with Crippen LogP contribution in [0.4, 0.5) is 0 Å². The zero-order valence-corrected chi connectivity index (χ0v) is 18.3. The van der Waals surface area contributed by atoms with Gasteiger partial charge in [0.25, 0.3) is 5.56 Å². The monoisotopic (exact) mass is 438 g/mol. The van der Waals surface area contributed by atoms with Crippen LogP contribution >= 0.6 is 0 Å². The molecule has 1 atom stereocenters. The molecule has 33 heavy (non-hydrogen) atoms. The van der Waals surface area contributed by atoms with E-state index in [0.717, 1.165) is 5.56 Å². The third kappa shape index (κ3) is 4.63. The van der Waals surface area contributed by atoms with Gasteiger partial charge in [0, 0.05) is 12.0 Å². The first-order valence-electron chi connectivity index (χ1n) is 10.5. The third-order valence-corrected chi connectivity index (χ3v) is 5.50. The van der Waals surface area contributed by atoms with Gasteiger partial charge in [-0.1, -0.05) is 54.3 Å². The summed E-state index contributed by atoms with van der Waals surface area (Å²) in [6.45, 7) is 1.76. The summed E-state index contributed by atoms with van der Waals surface area (Å²) in [4.78, 5) is 40.4. The fourth-order valence-corrected chi connectivity index (χ4v) is 3.67. The topological polar surface area (TPSA) is 81.2 Å². The predicted molar refractivity (Wildman–Crippen MR) is 127 cm³/mol. The number of esters is 1. The molecule has 1 unspecified atom stereocenters. The number of carbonyl (C=O) groups is 1. The molecule has 3 aromatic carbocycles. The molecule has 0 aliphatic carbocycles. The number of nitrogens with one attached hydrogen (secondary N) is 1. The van der Waals surface area contributed by atoms with Gasteiger partial charge in [-0.25, -0.2) is 9.59 Å². The van der Waals surface area contributed by atoms with E-state index in [1.807, 2.05) is 30.3 Å². The molecule has 1 heterocycles. The fraction of sp³-hybridized carbons (Fsp3) is 0.148. The van der Waals surface area contributed by atoms with E-state index in [-0.39, 0.29) is 0 Å². The van der Waals surface area contributed by atoms with Crippen molar-refractivity contribution in [1.29, 1.82) is 0 Å². The normalized spacial score (nSPS) is 11.5. The lowest BCUT2D eigenvalue weighted by molar-refractivity contribution is 0.0600. The number of ether oxygens (including phenoxy) is 1. The van der Waals surface area contributed by atoms with E-state index in [1.54, 1.807) is 49.4 Å². The van der Waals surface area contributed by atoms with Gasteiger partial charge in [-0.3, -0.25) is 9.36 Å². The maximum Gasteiger partial charge on any atom is 0.337 e. The Morgan fingerprint density at radius 2 is 1.76 bits per heavy atom. The highest BCUT2D eigenvalue weighted by Crippen LogP contribution is 2.17. The van der Waals surface area contributed by atoms with Gasteiger partial charge >= 0.3 is 11.7 Å². The quantitative estimate of drug-likeness (QED) is 0.389. The van der Waals surface area contributed by atoms with Crippen LogP contribution in [0, 0.1) is 11.8 Å². The second-order valence-electron chi connectivity index (χ2n) is 7.62. The molecule has 0 amide bonds. The first-order valence-corrected chi connectivity index (χ1v) is 10.5. The molecule has 0 radical (unpaired) electrons. The summed E-state index contributed by atoms with van der Waals surface area (Å²) in [5.74, 6) is 5.77. The van der Waals surface area contributed by atoms with Crippen LogP contribution in [0.3, 0.4) is 0 Å². The molecule has 4 aromatic rings. The molecule has 4 rings (SSSR count). The van der Waals surface area contributed by atoms with Gasteiger partial charge in [-0.15, -0.1) is 0 Å². The van der Waals surface area contributed by atoms with Gasteiger partial charge in [0.15, 0.2) is 0 Å². The zero-order valence-electron chi connectivity index (χ0n) is 18.3. The molecule has 0 bridgehead atoms. The Balaban J connectivity index is 1.68. The number of benzene rings is 3. The Kier molecular flexibility index (Phi) is 6.23. The van der Waals surface area contributed by atoms with Gasteiger partial charge in [0.1, 0.15) is 0 Å². The third-order valence-electron chi connectivity index (χ3n) is 5.50. The second kappa shape index (κ2) is 9.41. The van der Waals surface area contributed by atoms with Crippen LogP contribution < -0.4 is 11.2 Å². The van der Waals surface area contributed by atoms with Gasteiger partial charge in [0.05, 0.1) is 29.6 Å². The molecule has 0 fully saturated rings. The van der Waals surface area contributed by atoms with Gasteiger partial charge < -0.3 is 9.72 Å². The highest BCUT2D eigenvalue weighted by atomic mass is 16.5. The van der Waals surface area contributed by atoms with E-state index in [2.05, 4.69) is 16.8 Å². The van der Waals surface area contributed by atoms with E-state index in [9.17, 15) is 14.4 Å². The second-order valence-corrected chi connectivity index (χ2v) is 7.62. The van der Waals surface area contributed by atoms with Crippen LogP contribution in [0.1, 0.15) is 40.0 Å². The van der Waals surface area contributed by atoms with E-state index >= 15 is 0 Å². The lowest BCUT2D eigenvalue weighted by Gasteiger charge is -2.15. The van der Waals surface area contributed by atoms with Gasteiger partial charge in [-0.05, 0) is 48.4 Å². The summed E-state index contributed by atoms with van der Waals surface area (Å²) >= 11 is 0. The van der Waals surface area contributed by atoms with Crippen molar-refractivity contribution >= 4 is 16.9 Å². The minimum atomic E-state index is -0.537. The summed E-state index contributed by atoms with van der Waals surface area (Å²) in [6.07, 6.45) is 0.604. The van der Waals surface area contributed by atoms with Crippen molar-refractivity contribution in [3.63, 3.8) is 0 Å². The number of carbonyl (C=O) groups excluding carboxylic acids is 1. The summed E-state index contributed by atoms with van der Waals surface area (Å²) < 4.78 is 5.89. The lowest BCUT2D eigenvalue weighted by Crippen LogP contribution is -2.37. The summed E-state index contributed by atoms with van der Waals surface area (Å²) in [7, 11) is 1.31. The smallest absolute Gasteiger partial charge is 0.337 e. The van der Waals surface area contributed by atoms with Crippen LogP contribution in [0.15, 0.2) is 82.4 Å². The summed E-state index contributed by atoms with van der Waals surface area (Å²) in [5.41, 5.74) is 2.49. The molecular formula is C27H22N2O4. The first-order chi connectivity index (χ1) is 16.0. The highest BCUT2D eigenvalue weighted by molar-refractivity contribution is 5.89. The number of H-pyrrole nitrogens is 1. The molecule has 6 heteroatoms. The van der Waals surface area contributed by atoms with E-state index < -0.39 is 23.3 Å². The standard InChI is InChI=1S/C27H22N2O4/c1-18(21-12-14-22(15-13-21)26(31)33-2)29-25(30)23-17-20(11-16-24(23)28-27(29)32)10-6-9-19-7-4-3-5-8-19/h3-5,7-8,11-18H,9H2,1-2H3,(H,28,32). The molecule has 0 saturated carbocycles. The zero-order chi connectivity index (χ0) is 23.4. The Hall–Kier alpha value is -4.37. The lowest BCUT2D eigenvalue weighted by atomic mass is 10.1. The largest absolute Gasteiger partial charge is 0.465 e. The molecule has 0 aliphatic rings. The molecular weight excluding hydrogens is 416 g/mol. The van der Waals surface area contributed by atoms with Crippen molar-refractivity contribution in [2.24, 2.45) is 0 Å². The van der Waals surface area contributed by atoms with Gasteiger partial charge in [0.2, 0.25) is 0 Å². The Bertz CT molecular complexity index is 1490. The average molecular weight is 438 g/mol. The molecule has 1 N–H and O–H groups in total. The number of rotatable bonds is 4. The number of hydrogen-bond donors (Lipinski definition) is 1.